The molecule has 1 fully saturated rings. The summed E-state index contributed by atoms with van der Waals surface area (Å²) in [5.74, 6) is 0.136. The van der Waals surface area contributed by atoms with Gasteiger partial charge in [0.1, 0.15) is 0 Å². The summed E-state index contributed by atoms with van der Waals surface area (Å²) >= 11 is 0. The summed E-state index contributed by atoms with van der Waals surface area (Å²) in [6.07, 6.45) is 4.39. The van der Waals surface area contributed by atoms with Crippen LogP contribution < -0.4 is 5.73 Å². The first-order valence-corrected chi connectivity index (χ1v) is 6.60. The van der Waals surface area contributed by atoms with Gasteiger partial charge in [-0.2, -0.15) is 0 Å². The minimum absolute atomic E-state index is 0.136. The molecule has 4 nitrogen and oxygen atoms in total. The molecule has 1 saturated heterocycles. The van der Waals surface area contributed by atoms with Crippen LogP contribution in [0.4, 0.5) is 0 Å². The molecule has 2 unspecified atom stereocenters. The Morgan fingerprint density at radius 1 is 1.53 bits per heavy atom. The van der Waals surface area contributed by atoms with Crippen LogP contribution in [0.3, 0.4) is 0 Å². The first-order chi connectivity index (χ1) is 8.03. The highest BCUT2D eigenvalue weighted by molar-refractivity contribution is 5.82. The highest BCUT2D eigenvalue weighted by Crippen LogP contribution is 2.23. The maximum absolute atomic E-state index is 12.3. The molecule has 0 aliphatic carbocycles. The lowest BCUT2D eigenvalue weighted by atomic mass is 9.86. The number of nitrogens with zero attached hydrogens (tertiary/aromatic N) is 1. The van der Waals surface area contributed by atoms with Gasteiger partial charge in [-0.05, 0) is 32.6 Å². The molecule has 0 saturated carbocycles. The zero-order valence-corrected chi connectivity index (χ0v) is 11.4. The molecule has 0 aromatic rings. The van der Waals surface area contributed by atoms with Gasteiger partial charge in [0.25, 0.3) is 0 Å². The summed E-state index contributed by atoms with van der Waals surface area (Å²) in [7, 11) is 1.85. The summed E-state index contributed by atoms with van der Waals surface area (Å²) in [5.41, 5.74) is 5.28. The zero-order chi connectivity index (χ0) is 12.9. The SMILES string of the molecule is CCC(C)(CN)C(=O)N(C)CC1CCCCO1. The standard InChI is InChI=1S/C13H26N2O2/c1-4-13(2,10-14)12(16)15(3)9-11-7-5-6-8-17-11/h11H,4-10,14H2,1-3H3. The molecule has 0 spiro atoms. The summed E-state index contributed by atoms with van der Waals surface area (Å²) in [6.45, 7) is 5.87. The van der Waals surface area contributed by atoms with Crippen molar-refractivity contribution in [2.45, 2.75) is 45.6 Å². The number of hydrogen-bond acceptors (Lipinski definition) is 3. The fraction of sp³-hybridized carbons (Fsp3) is 0.923. The topological polar surface area (TPSA) is 55.6 Å². The first-order valence-electron chi connectivity index (χ1n) is 6.60. The van der Waals surface area contributed by atoms with Gasteiger partial charge in [-0.3, -0.25) is 4.79 Å². The van der Waals surface area contributed by atoms with Gasteiger partial charge in [-0.15, -0.1) is 0 Å². The number of amides is 1. The van der Waals surface area contributed by atoms with E-state index in [1.165, 1.54) is 6.42 Å². The smallest absolute Gasteiger partial charge is 0.229 e. The number of ether oxygens (including phenoxy) is 1. The predicted octanol–water partition coefficient (Wildman–Crippen LogP) is 1.39. The minimum atomic E-state index is -0.427. The van der Waals surface area contributed by atoms with Crippen LogP contribution in [0.15, 0.2) is 0 Å². The molecule has 1 aliphatic rings. The molecule has 1 amide bonds. The second-order valence-corrected chi connectivity index (χ2v) is 5.29. The Morgan fingerprint density at radius 2 is 2.24 bits per heavy atom. The lowest BCUT2D eigenvalue weighted by Gasteiger charge is -2.33. The summed E-state index contributed by atoms with van der Waals surface area (Å²) in [4.78, 5) is 14.1. The molecule has 0 aromatic carbocycles. The number of likely N-dealkylation sites (N-methyl/N-ethyl adjacent to an activating group) is 1. The largest absolute Gasteiger partial charge is 0.376 e. The second kappa shape index (κ2) is 6.36. The van der Waals surface area contributed by atoms with Crippen molar-refractivity contribution in [3.05, 3.63) is 0 Å². The minimum Gasteiger partial charge on any atom is -0.376 e. The van der Waals surface area contributed by atoms with Crippen LogP contribution >= 0.6 is 0 Å². The Kier molecular flexibility index (Phi) is 5.40. The molecule has 2 N–H and O–H groups in total. The van der Waals surface area contributed by atoms with Crippen LogP contribution in [0.1, 0.15) is 39.5 Å². The summed E-state index contributed by atoms with van der Waals surface area (Å²) < 4.78 is 5.65. The van der Waals surface area contributed by atoms with Crippen LogP contribution in [-0.2, 0) is 9.53 Å². The molecule has 100 valence electrons. The number of rotatable bonds is 5. The van der Waals surface area contributed by atoms with Crippen LogP contribution in [0.2, 0.25) is 0 Å². The molecule has 1 heterocycles. The Hall–Kier alpha value is -0.610. The van der Waals surface area contributed by atoms with Crippen molar-refractivity contribution < 1.29 is 9.53 Å². The Balaban J connectivity index is 2.50. The van der Waals surface area contributed by atoms with Crippen molar-refractivity contribution in [2.24, 2.45) is 11.1 Å². The van der Waals surface area contributed by atoms with E-state index in [2.05, 4.69) is 0 Å². The van der Waals surface area contributed by atoms with Crippen molar-refractivity contribution in [3.8, 4) is 0 Å². The van der Waals surface area contributed by atoms with Gasteiger partial charge >= 0.3 is 0 Å². The Labute approximate surface area is 104 Å². The Bertz CT molecular complexity index is 246. The molecule has 4 heteroatoms. The van der Waals surface area contributed by atoms with E-state index in [-0.39, 0.29) is 12.0 Å². The Morgan fingerprint density at radius 3 is 2.71 bits per heavy atom. The molecule has 1 aliphatic heterocycles. The number of nitrogens with two attached hydrogens (primary N) is 1. The second-order valence-electron chi connectivity index (χ2n) is 5.29. The fourth-order valence-corrected chi connectivity index (χ4v) is 2.18. The van der Waals surface area contributed by atoms with Gasteiger partial charge in [0.2, 0.25) is 5.91 Å². The van der Waals surface area contributed by atoms with Crippen molar-refractivity contribution in [1.29, 1.82) is 0 Å². The fourth-order valence-electron chi connectivity index (χ4n) is 2.18. The molecule has 0 radical (unpaired) electrons. The number of hydrogen-bond donors (Lipinski definition) is 1. The van der Waals surface area contributed by atoms with E-state index >= 15 is 0 Å². The van der Waals surface area contributed by atoms with E-state index < -0.39 is 5.41 Å². The van der Waals surface area contributed by atoms with E-state index in [1.807, 2.05) is 20.9 Å². The number of carbonyl (C=O) groups is 1. The van der Waals surface area contributed by atoms with Gasteiger partial charge in [0, 0.05) is 26.7 Å². The number of carbonyl (C=O) groups excluding carboxylic acids is 1. The van der Waals surface area contributed by atoms with E-state index in [1.54, 1.807) is 4.90 Å². The third-order valence-electron chi connectivity index (χ3n) is 3.85. The van der Waals surface area contributed by atoms with Crippen LogP contribution in [0.25, 0.3) is 0 Å². The van der Waals surface area contributed by atoms with E-state index in [0.717, 1.165) is 25.9 Å². The van der Waals surface area contributed by atoms with Crippen molar-refractivity contribution in [2.75, 3.05) is 26.7 Å². The monoisotopic (exact) mass is 242 g/mol. The molecular formula is C13H26N2O2. The zero-order valence-electron chi connectivity index (χ0n) is 11.4. The molecule has 0 aromatic heterocycles. The van der Waals surface area contributed by atoms with Crippen molar-refractivity contribution in [3.63, 3.8) is 0 Å². The van der Waals surface area contributed by atoms with Gasteiger partial charge in [0.05, 0.1) is 11.5 Å². The van der Waals surface area contributed by atoms with Crippen molar-refractivity contribution >= 4 is 5.91 Å². The third kappa shape index (κ3) is 3.68. The van der Waals surface area contributed by atoms with Crippen LogP contribution in [-0.4, -0.2) is 43.7 Å². The van der Waals surface area contributed by atoms with Gasteiger partial charge in [0.15, 0.2) is 0 Å². The third-order valence-corrected chi connectivity index (χ3v) is 3.85. The highest BCUT2D eigenvalue weighted by atomic mass is 16.5. The molecule has 1 rings (SSSR count). The van der Waals surface area contributed by atoms with Crippen molar-refractivity contribution in [1.82, 2.24) is 4.90 Å². The molecular weight excluding hydrogens is 216 g/mol. The van der Waals surface area contributed by atoms with E-state index in [9.17, 15) is 4.79 Å². The van der Waals surface area contributed by atoms with Gasteiger partial charge < -0.3 is 15.4 Å². The highest BCUT2D eigenvalue weighted by Gasteiger charge is 2.33. The van der Waals surface area contributed by atoms with Crippen LogP contribution in [0.5, 0.6) is 0 Å². The maximum Gasteiger partial charge on any atom is 0.229 e. The lowest BCUT2D eigenvalue weighted by molar-refractivity contribution is -0.142. The molecule has 2 atom stereocenters. The van der Waals surface area contributed by atoms with E-state index in [0.29, 0.717) is 13.1 Å². The average Bonchev–Trinajstić information content (AvgIpc) is 2.38. The first kappa shape index (κ1) is 14.5. The molecule has 17 heavy (non-hydrogen) atoms. The summed E-state index contributed by atoms with van der Waals surface area (Å²) in [6, 6.07) is 0. The van der Waals surface area contributed by atoms with Crippen LogP contribution in [0, 0.1) is 5.41 Å². The normalized spacial score (nSPS) is 24.1. The van der Waals surface area contributed by atoms with E-state index in [4.69, 9.17) is 10.5 Å². The maximum atomic E-state index is 12.3. The summed E-state index contributed by atoms with van der Waals surface area (Å²) in [5, 5.41) is 0. The quantitative estimate of drug-likeness (QED) is 0.792. The predicted molar refractivity (Wildman–Crippen MR) is 68.7 cm³/mol. The van der Waals surface area contributed by atoms with Gasteiger partial charge in [-0.25, -0.2) is 0 Å². The molecule has 0 bridgehead atoms. The van der Waals surface area contributed by atoms with Gasteiger partial charge in [-0.1, -0.05) is 6.92 Å². The lowest BCUT2D eigenvalue weighted by Crippen LogP contribution is -2.47. The average molecular weight is 242 g/mol.